The van der Waals surface area contributed by atoms with Gasteiger partial charge in [-0.15, -0.1) is 11.3 Å². The molecule has 2 aromatic heterocycles. The zero-order valence-corrected chi connectivity index (χ0v) is 21.8. The number of carbonyl (C=O) groups is 1. The molecule has 1 atom stereocenters. The standard InChI is InChI=1S/C23H26F2N4O2S2.CH2O2/c1-15-5-4-6-17(27-15)10-29-8-7-19(11-29)28(3)21-9-20(24)23(22(25)16(21)2)33(30,31)13-18-12-32-14-26-18;2-1-3/h4-6,9,12,14,19H,7-8,10-11,13H2,1-3H3;1H,(H,2,3). The third-order valence-corrected chi connectivity index (χ3v) is 8.34. The first-order chi connectivity index (χ1) is 17.1. The monoisotopic (exact) mass is 538 g/mol. The Hall–Kier alpha value is -2.96. The molecular formula is C24H28F2N4O4S2. The molecule has 3 heterocycles. The number of nitrogens with zero attached hydrogens (tertiary/aromatic N) is 4. The maximum atomic E-state index is 15.2. The zero-order valence-electron chi connectivity index (χ0n) is 20.2. The van der Waals surface area contributed by atoms with Gasteiger partial charge in [-0.1, -0.05) is 6.07 Å². The third kappa shape index (κ3) is 6.42. The number of anilines is 1. The first-order valence-corrected chi connectivity index (χ1v) is 13.7. The van der Waals surface area contributed by atoms with Crippen LogP contribution in [-0.2, 0) is 26.9 Å². The summed E-state index contributed by atoms with van der Waals surface area (Å²) in [7, 11) is -2.42. The maximum Gasteiger partial charge on any atom is 0.290 e. The van der Waals surface area contributed by atoms with Crippen molar-refractivity contribution in [1.29, 1.82) is 0 Å². The molecule has 12 heteroatoms. The van der Waals surface area contributed by atoms with Crippen molar-refractivity contribution in [3.05, 3.63) is 69.4 Å². The minimum absolute atomic E-state index is 0.0461. The van der Waals surface area contributed by atoms with Crippen LogP contribution in [0, 0.1) is 25.5 Å². The molecule has 36 heavy (non-hydrogen) atoms. The Kier molecular flexibility index (Phi) is 9.09. The number of aromatic nitrogens is 2. The van der Waals surface area contributed by atoms with Gasteiger partial charge in [0.05, 0.1) is 22.7 Å². The number of rotatable bonds is 7. The molecular weight excluding hydrogens is 510 g/mol. The van der Waals surface area contributed by atoms with Crippen LogP contribution in [0.5, 0.6) is 0 Å². The van der Waals surface area contributed by atoms with E-state index in [4.69, 9.17) is 9.90 Å². The first kappa shape index (κ1) is 27.6. The van der Waals surface area contributed by atoms with Gasteiger partial charge in [-0.25, -0.2) is 22.2 Å². The van der Waals surface area contributed by atoms with Gasteiger partial charge in [-0.3, -0.25) is 14.7 Å². The average Bonchev–Trinajstić information content (AvgIpc) is 3.48. The summed E-state index contributed by atoms with van der Waals surface area (Å²) < 4.78 is 55.7. The van der Waals surface area contributed by atoms with Crippen LogP contribution in [0.2, 0.25) is 0 Å². The van der Waals surface area contributed by atoms with Crippen molar-refractivity contribution in [2.24, 2.45) is 0 Å². The molecule has 1 aliphatic heterocycles. The lowest BCUT2D eigenvalue weighted by molar-refractivity contribution is -0.122. The average molecular weight is 539 g/mol. The SMILES string of the molecule is Cc1cccc(CN2CCC(N(C)c3cc(F)c(S(=O)(=O)Cc4cscn4)c(F)c3C)C2)n1.O=CO. The highest BCUT2D eigenvalue weighted by molar-refractivity contribution is 7.90. The van der Waals surface area contributed by atoms with Crippen LogP contribution in [0.3, 0.4) is 0 Å². The maximum absolute atomic E-state index is 15.2. The van der Waals surface area contributed by atoms with Crippen LogP contribution < -0.4 is 4.90 Å². The molecule has 4 rings (SSSR count). The van der Waals surface area contributed by atoms with Gasteiger partial charge in [0, 0.05) is 55.0 Å². The van der Waals surface area contributed by atoms with Crippen molar-refractivity contribution in [2.75, 3.05) is 25.0 Å². The molecule has 1 aromatic carbocycles. The Morgan fingerprint density at radius 2 is 2.00 bits per heavy atom. The van der Waals surface area contributed by atoms with E-state index in [1.807, 2.05) is 30.0 Å². The van der Waals surface area contributed by atoms with Gasteiger partial charge >= 0.3 is 0 Å². The van der Waals surface area contributed by atoms with Crippen LogP contribution in [0.25, 0.3) is 0 Å². The smallest absolute Gasteiger partial charge is 0.290 e. The number of thiazole rings is 1. The van der Waals surface area contributed by atoms with Gasteiger partial charge < -0.3 is 10.0 Å². The van der Waals surface area contributed by atoms with Crippen molar-refractivity contribution in [1.82, 2.24) is 14.9 Å². The summed E-state index contributed by atoms with van der Waals surface area (Å²) in [6.07, 6.45) is 0.828. The van der Waals surface area contributed by atoms with Crippen LogP contribution in [-0.4, -0.2) is 61.0 Å². The number of benzene rings is 1. The Balaban J connectivity index is 0.00000115. The number of likely N-dealkylation sites (N-methyl/N-ethyl adjacent to an activating group) is 1. The van der Waals surface area contributed by atoms with Crippen molar-refractivity contribution in [3.63, 3.8) is 0 Å². The van der Waals surface area contributed by atoms with E-state index < -0.39 is 32.1 Å². The van der Waals surface area contributed by atoms with E-state index in [2.05, 4.69) is 14.9 Å². The summed E-state index contributed by atoms with van der Waals surface area (Å²) in [4.78, 5) is 20.1. The predicted molar refractivity (Wildman–Crippen MR) is 134 cm³/mol. The van der Waals surface area contributed by atoms with Gasteiger partial charge in [-0.05, 0) is 38.5 Å². The van der Waals surface area contributed by atoms with Crippen LogP contribution in [0.4, 0.5) is 14.5 Å². The second-order valence-electron chi connectivity index (χ2n) is 8.55. The predicted octanol–water partition coefficient (Wildman–Crippen LogP) is 3.82. The first-order valence-electron chi connectivity index (χ1n) is 11.1. The van der Waals surface area contributed by atoms with Crippen LogP contribution in [0.15, 0.2) is 40.1 Å². The highest BCUT2D eigenvalue weighted by atomic mass is 32.2. The van der Waals surface area contributed by atoms with Gasteiger partial charge in [0.15, 0.2) is 9.84 Å². The topological polar surface area (TPSA) is 104 Å². The minimum Gasteiger partial charge on any atom is -0.483 e. The quantitative estimate of drug-likeness (QED) is 0.453. The number of hydrogen-bond acceptors (Lipinski definition) is 8. The second kappa shape index (κ2) is 11.8. The van der Waals surface area contributed by atoms with E-state index in [-0.39, 0.29) is 23.8 Å². The number of carboxylic acid groups (broad SMARTS) is 1. The highest BCUT2D eigenvalue weighted by Gasteiger charge is 2.32. The lowest BCUT2D eigenvalue weighted by Crippen LogP contribution is -2.35. The molecule has 1 unspecified atom stereocenters. The van der Waals surface area contributed by atoms with Crippen molar-refractivity contribution in [3.8, 4) is 0 Å². The molecule has 3 aromatic rings. The van der Waals surface area contributed by atoms with E-state index in [9.17, 15) is 12.8 Å². The van der Waals surface area contributed by atoms with E-state index in [0.717, 1.165) is 37.0 Å². The summed E-state index contributed by atoms with van der Waals surface area (Å²) >= 11 is 1.23. The molecule has 194 valence electrons. The fraction of sp³-hybridized carbons (Fsp3) is 0.375. The Bertz CT molecular complexity index is 1300. The number of halogens is 2. The highest BCUT2D eigenvalue weighted by Crippen LogP contribution is 2.33. The van der Waals surface area contributed by atoms with E-state index in [1.165, 1.54) is 23.8 Å². The van der Waals surface area contributed by atoms with Crippen molar-refractivity contribution < 1.29 is 27.1 Å². The van der Waals surface area contributed by atoms with E-state index in [0.29, 0.717) is 12.2 Å². The molecule has 0 amide bonds. The van der Waals surface area contributed by atoms with E-state index >= 15 is 4.39 Å². The molecule has 0 bridgehead atoms. The van der Waals surface area contributed by atoms with Crippen molar-refractivity contribution in [2.45, 2.75) is 43.5 Å². The van der Waals surface area contributed by atoms with Gasteiger partial charge in [0.2, 0.25) is 0 Å². The molecule has 0 aliphatic carbocycles. The zero-order chi connectivity index (χ0) is 26.5. The molecule has 0 saturated carbocycles. The number of pyridine rings is 1. The van der Waals surface area contributed by atoms with Crippen LogP contribution >= 0.6 is 11.3 Å². The summed E-state index contributed by atoms with van der Waals surface area (Å²) in [5.41, 5.74) is 4.19. The van der Waals surface area contributed by atoms with E-state index in [1.54, 1.807) is 12.4 Å². The number of hydrogen-bond donors (Lipinski definition) is 1. The Morgan fingerprint density at radius 3 is 2.64 bits per heavy atom. The molecule has 1 fully saturated rings. The number of likely N-dealkylation sites (tertiary alicyclic amines) is 1. The Morgan fingerprint density at radius 1 is 1.28 bits per heavy atom. The Labute approximate surface area is 213 Å². The molecule has 0 radical (unpaired) electrons. The molecule has 1 aliphatic rings. The molecule has 8 nitrogen and oxygen atoms in total. The minimum atomic E-state index is -4.22. The van der Waals surface area contributed by atoms with Crippen molar-refractivity contribution >= 4 is 33.3 Å². The van der Waals surface area contributed by atoms with Gasteiger partial charge in [0.25, 0.3) is 6.47 Å². The fourth-order valence-corrected chi connectivity index (χ4v) is 6.43. The lowest BCUT2D eigenvalue weighted by Gasteiger charge is -2.29. The third-order valence-electron chi connectivity index (χ3n) is 6.03. The second-order valence-corrected chi connectivity index (χ2v) is 11.2. The lowest BCUT2D eigenvalue weighted by atomic mass is 10.1. The number of sulfone groups is 1. The van der Waals surface area contributed by atoms with Crippen LogP contribution in [0.1, 0.15) is 29.1 Å². The summed E-state index contributed by atoms with van der Waals surface area (Å²) in [6, 6.07) is 7.11. The molecule has 1 N–H and O–H groups in total. The molecule has 1 saturated heterocycles. The van der Waals surface area contributed by atoms with Gasteiger partial charge in [0.1, 0.15) is 16.5 Å². The summed E-state index contributed by atoms with van der Waals surface area (Å²) in [5.74, 6) is -2.65. The summed E-state index contributed by atoms with van der Waals surface area (Å²) in [6.45, 7) is 5.47. The molecule has 0 spiro atoms. The fourth-order valence-electron chi connectivity index (χ4n) is 4.29. The number of aryl methyl sites for hydroxylation is 1. The largest absolute Gasteiger partial charge is 0.483 e. The van der Waals surface area contributed by atoms with Gasteiger partial charge in [-0.2, -0.15) is 0 Å². The normalized spacial score (nSPS) is 15.9. The summed E-state index contributed by atoms with van der Waals surface area (Å²) in [5, 5.41) is 8.44.